The number of anilines is 1. The predicted octanol–water partition coefficient (Wildman–Crippen LogP) is 1.71. The average molecular weight is 240 g/mol. The maximum atomic E-state index is 12.2. The Balaban J connectivity index is 2.68. The maximum Gasteiger partial charge on any atom is 0.445 e. The Morgan fingerprint density at radius 2 is 2.13 bits per heavy atom. The van der Waals surface area contributed by atoms with Crippen molar-refractivity contribution in [1.29, 1.82) is 0 Å². The second kappa shape index (κ2) is 4.75. The van der Waals surface area contributed by atoms with Crippen LogP contribution in [0.15, 0.2) is 0 Å². The molecule has 0 spiro atoms. The van der Waals surface area contributed by atoms with Gasteiger partial charge in [-0.1, -0.05) is 18.3 Å². The fraction of sp³-hybridized carbons (Fsp3) is 0.714. The van der Waals surface area contributed by atoms with E-state index >= 15 is 0 Å². The van der Waals surface area contributed by atoms with Gasteiger partial charge in [-0.2, -0.15) is 13.2 Å². The smallest absolute Gasteiger partial charge is 0.356 e. The summed E-state index contributed by atoms with van der Waals surface area (Å²) in [6, 6.07) is -0.0703. The fourth-order valence-electron chi connectivity index (χ4n) is 0.898. The normalized spacial score (nSPS) is 13.9. The molecule has 0 saturated carbocycles. The van der Waals surface area contributed by atoms with Gasteiger partial charge in [-0.3, -0.25) is 0 Å². The Kier molecular flexibility index (Phi) is 3.86. The summed E-state index contributed by atoms with van der Waals surface area (Å²) in [4.78, 5) is 0. The first-order valence-corrected chi connectivity index (χ1v) is 5.16. The van der Waals surface area contributed by atoms with Gasteiger partial charge >= 0.3 is 6.18 Å². The molecule has 86 valence electrons. The summed E-state index contributed by atoms with van der Waals surface area (Å²) in [7, 11) is 0. The van der Waals surface area contributed by atoms with E-state index in [1.807, 2.05) is 6.92 Å². The molecule has 1 heterocycles. The van der Waals surface area contributed by atoms with E-state index in [2.05, 4.69) is 15.5 Å². The SMILES string of the molecule is CCC(CN)Nc1nnc(C(F)(F)F)s1. The molecule has 0 radical (unpaired) electrons. The van der Waals surface area contributed by atoms with Crippen molar-refractivity contribution in [1.82, 2.24) is 10.2 Å². The van der Waals surface area contributed by atoms with Gasteiger partial charge in [-0.05, 0) is 6.42 Å². The molecule has 0 saturated heterocycles. The van der Waals surface area contributed by atoms with Crippen LogP contribution >= 0.6 is 11.3 Å². The van der Waals surface area contributed by atoms with Gasteiger partial charge in [0.2, 0.25) is 10.1 Å². The van der Waals surface area contributed by atoms with E-state index in [0.29, 0.717) is 17.9 Å². The minimum absolute atomic E-state index is 0.0703. The summed E-state index contributed by atoms with van der Waals surface area (Å²) in [5.41, 5.74) is 5.40. The van der Waals surface area contributed by atoms with E-state index in [9.17, 15) is 13.2 Å². The summed E-state index contributed by atoms with van der Waals surface area (Å²) >= 11 is 0.485. The monoisotopic (exact) mass is 240 g/mol. The number of nitrogens with two attached hydrogens (primary N) is 1. The zero-order chi connectivity index (χ0) is 11.5. The topological polar surface area (TPSA) is 63.8 Å². The molecular weight excluding hydrogens is 229 g/mol. The van der Waals surface area contributed by atoms with Crippen LogP contribution in [0, 0.1) is 0 Å². The first kappa shape index (κ1) is 12.2. The largest absolute Gasteiger partial charge is 0.445 e. The molecule has 1 rings (SSSR count). The van der Waals surface area contributed by atoms with Crippen LogP contribution in [0.25, 0.3) is 0 Å². The number of nitrogens with one attached hydrogen (secondary N) is 1. The van der Waals surface area contributed by atoms with Crippen molar-refractivity contribution in [2.24, 2.45) is 5.73 Å². The molecule has 1 unspecified atom stereocenters. The second-order valence-electron chi connectivity index (χ2n) is 2.90. The molecule has 0 amide bonds. The van der Waals surface area contributed by atoms with Crippen LogP contribution in [-0.4, -0.2) is 22.8 Å². The number of hydrogen-bond donors (Lipinski definition) is 2. The highest BCUT2D eigenvalue weighted by atomic mass is 32.1. The molecular formula is C7H11F3N4S. The molecule has 0 bridgehead atoms. The lowest BCUT2D eigenvalue weighted by Crippen LogP contribution is -2.27. The first-order valence-electron chi connectivity index (χ1n) is 4.34. The third-order valence-electron chi connectivity index (χ3n) is 1.77. The van der Waals surface area contributed by atoms with E-state index in [-0.39, 0.29) is 11.2 Å². The summed E-state index contributed by atoms with van der Waals surface area (Å²) in [5.74, 6) is 0. The Morgan fingerprint density at radius 3 is 2.53 bits per heavy atom. The van der Waals surface area contributed by atoms with E-state index in [1.165, 1.54) is 0 Å². The number of halogens is 3. The van der Waals surface area contributed by atoms with Gasteiger partial charge in [0.25, 0.3) is 0 Å². The minimum atomic E-state index is -4.43. The predicted molar refractivity (Wildman–Crippen MR) is 51.7 cm³/mol. The zero-order valence-corrected chi connectivity index (χ0v) is 8.82. The van der Waals surface area contributed by atoms with Gasteiger partial charge < -0.3 is 11.1 Å². The van der Waals surface area contributed by atoms with Crippen LogP contribution in [-0.2, 0) is 6.18 Å². The van der Waals surface area contributed by atoms with Gasteiger partial charge in [0, 0.05) is 12.6 Å². The third kappa shape index (κ3) is 3.31. The lowest BCUT2D eigenvalue weighted by molar-refractivity contribution is -0.138. The number of alkyl halides is 3. The molecule has 0 aliphatic heterocycles. The van der Waals surface area contributed by atoms with Gasteiger partial charge in [0.1, 0.15) is 0 Å². The molecule has 8 heteroatoms. The highest BCUT2D eigenvalue weighted by Gasteiger charge is 2.35. The van der Waals surface area contributed by atoms with Crippen molar-refractivity contribution in [3.05, 3.63) is 5.01 Å². The molecule has 0 fully saturated rings. The Bertz CT molecular complexity index is 307. The van der Waals surface area contributed by atoms with Gasteiger partial charge in [-0.15, -0.1) is 10.2 Å². The molecule has 15 heavy (non-hydrogen) atoms. The van der Waals surface area contributed by atoms with Crippen molar-refractivity contribution in [3.8, 4) is 0 Å². The van der Waals surface area contributed by atoms with E-state index < -0.39 is 11.2 Å². The number of hydrogen-bond acceptors (Lipinski definition) is 5. The standard InChI is InChI=1S/C7H11F3N4S/c1-2-4(3-11)12-6-14-13-5(15-6)7(8,9)10/h4H,2-3,11H2,1H3,(H,12,14). The zero-order valence-electron chi connectivity index (χ0n) is 8.01. The first-order chi connectivity index (χ1) is 6.97. The molecule has 1 aromatic heterocycles. The molecule has 3 N–H and O–H groups in total. The van der Waals surface area contributed by atoms with Gasteiger partial charge in [-0.25, -0.2) is 0 Å². The number of nitrogens with zero attached hydrogens (tertiary/aromatic N) is 2. The lowest BCUT2D eigenvalue weighted by atomic mass is 10.2. The minimum Gasteiger partial charge on any atom is -0.356 e. The van der Waals surface area contributed by atoms with Gasteiger partial charge in [0.05, 0.1) is 0 Å². The van der Waals surface area contributed by atoms with Crippen molar-refractivity contribution in [3.63, 3.8) is 0 Å². The Hall–Kier alpha value is -0.890. The van der Waals surface area contributed by atoms with E-state index in [1.54, 1.807) is 0 Å². The Labute approximate surface area is 88.7 Å². The quantitative estimate of drug-likeness (QED) is 0.840. The van der Waals surface area contributed by atoms with Crippen LogP contribution in [0.1, 0.15) is 18.4 Å². The van der Waals surface area contributed by atoms with E-state index in [4.69, 9.17) is 5.73 Å². The third-order valence-corrected chi connectivity index (χ3v) is 2.67. The molecule has 0 aliphatic rings. The van der Waals surface area contributed by atoms with Crippen LogP contribution in [0.5, 0.6) is 0 Å². The summed E-state index contributed by atoms with van der Waals surface area (Å²) in [6.07, 6.45) is -3.71. The molecule has 4 nitrogen and oxygen atoms in total. The van der Waals surface area contributed by atoms with Crippen molar-refractivity contribution in [2.75, 3.05) is 11.9 Å². The highest BCUT2D eigenvalue weighted by molar-refractivity contribution is 7.15. The highest BCUT2D eigenvalue weighted by Crippen LogP contribution is 2.33. The molecule has 0 aliphatic carbocycles. The summed E-state index contributed by atoms with van der Waals surface area (Å²) < 4.78 is 36.5. The average Bonchev–Trinajstić information content (AvgIpc) is 2.61. The van der Waals surface area contributed by atoms with Crippen LogP contribution in [0.4, 0.5) is 18.3 Å². The molecule has 0 aromatic carbocycles. The summed E-state index contributed by atoms with van der Waals surface area (Å²) in [5, 5.41) is 8.45. The van der Waals surface area contributed by atoms with Crippen molar-refractivity contribution < 1.29 is 13.2 Å². The maximum absolute atomic E-state index is 12.2. The molecule has 1 aromatic rings. The lowest BCUT2D eigenvalue weighted by Gasteiger charge is -2.12. The van der Waals surface area contributed by atoms with Crippen LogP contribution in [0.3, 0.4) is 0 Å². The molecule has 1 atom stereocenters. The van der Waals surface area contributed by atoms with Gasteiger partial charge in [0.15, 0.2) is 0 Å². The van der Waals surface area contributed by atoms with Crippen molar-refractivity contribution >= 4 is 16.5 Å². The number of aromatic nitrogens is 2. The van der Waals surface area contributed by atoms with Crippen LogP contribution in [0.2, 0.25) is 0 Å². The van der Waals surface area contributed by atoms with Crippen LogP contribution < -0.4 is 11.1 Å². The summed E-state index contributed by atoms with van der Waals surface area (Å²) in [6.45, 7) is 2.23. The fourth-order valence-corrected chi connectivity index (χ4v) is 1.59. The van der Waals surface area contributed by atoms with E-state index in [0.717, 1.165) is 6.42 Å². The van der Waals surface area contributed by atoms with Crippen molar-refractivity contribution in [2.45, 2.75) is 25.6 Å². The second-order valence-corrected chi connectivity index (χ2v) is 3.87. The number of rotatable bonds is 4. The Morgan fingerprint density at radius 1 is 1.47 bits per heavy atom.